The lowest BCUT2D eigenvalue weighted by Crippen LogP contribution is -2.55. The number of carboxylic acids is 1. The second kappa shape index (κ2) is 5.64. The third kappa shape index (κ3) is 3.46. The van der Waals surface area contributed by atoms with Gasteiger partial charge in [-0.2, -0.15) is 0 Å². The zero-order valence-electron chi connectivity index (χ0n) is 10.7. The summed E-state index contributed by atoms with van der Waals surface area (Å²) in [6.07, 6.45) is 2.25. The van der Waals surface area contributed by atoms with Gasteiger partial charge < -0.3 is 10.0 Å². The smallest absolute Gasteiger partial charge is 0.305 e. The van der Waals surface area contributed by atoms with Crippen LogP contribution in [-0.4, -0.2) is 59.6 Å². The minimum Gasteiger partial charge on any atom is -0.481 e. The van der Waals surface area contributed by atoms with E-state index < -0.39 is 5.97 Å². The molecular weight excluding hydrogens is 204 g/mol. The Morgan fingerprint density at radius 2 is 1.88 bits per heavy atom. The topological polar surface area (TPSA) is 43.8 Å². The Hall–Kier alpha value is -0.610. The van der Waals surface area contributed by atoms with Gasteiger partial charge in [-0.05, 0) is 20.4 Å². The summed E-state index contributed by atoms with van der Waals surface area (Å²) in [5, 5.41) is 9.02. The van der Waals surface area contributed by atoms with Crippen LogP contribution in [0, 0.1) is 0 Å². The lowest BCUT2D eigenvalue weighted by molar-refractivity contribution is -0.140. The summed E-state index contributed by atoms with van der Waals surface area (Å²) < 4.78 is 0. The van der Waals surface area contributed by atoms with E-state index in [2.05, 4.69) is 30.7 Å². The first-order valence-electron chi connectivity index (χ1n) is 6.13. The Balaban J connectivity index is 2.64. The van der Waals surface area contributed by atoms with E-state index >= 15 is 0 Å². The van der Waals surface area contributed by atoms with Crippen molar-refractivity contribution >= 4 is 5.97 Å². The number of nitrogens with zero attached hydrogens (tertiary/aromatic N) is 2. The summed E-state index contributed by atoms with van der Waals surface area (Å²) >= 11 is 0. The molecule has 0 saturated carbocycles. The second-order valence-corrected chi connectivity index (χ2v) is 5.11. The maximum absolute atomic E-state index is 11.0. The maximum atomic E-state index is 11.0. The van der Waals surface area contributed by atoms with Gasteiger partial charge in [0.2, 0.25) is 0 Å². The van der Waals surface area contributed by atoms with Crippen LogP contribution >= 0.6 is 0 Å². The first kappa shape index (κ1) is 13.5. The molecule has 1 aliphatic heterocycles. The normalized spacial score (nSPS) is 22.9. The largest absolute Gasteiger partial charge is 0.481 e. The van der Waals surface area contributed by atoms with Gasteiger partial charge in [-0.25, -0.2) is 0 Å². The Kier molecular flexibility index (Phi) is 4.74. The lowest BCUT2D eigenvalue weighted by atomic mass is 9.89. The number of rotatable bonds is 5. The zero-order valence-corrected chi connectivity index (χ0v) is 10.7. The summed E-state index contributed by atoms with van der Waals surface area (Å²) in [5.74, 6) is -0.685. The molecule has 1 atom stereocenters. The van der Waals surface area contributed by atoms with Crippen LogP contribution in [0.15, 0.2) is 0 Å². The van der Waals surface area contributed by atoms with Crippen molar-refractivity contribution in [3.8, 4) is 0 Å². The van der Waals surface area contributed by atoms with Gasteiger partial charge in [0.05, 0.1) is 6.42 Å². The van der Waals surface area contributed by atoms with Crippen molar-refractivity contribution in [3.05, 3.63) is 0 Å². The molecule has 1 N–H and O–H groups in total. The molecule has 0 radical (unpaired) electrons. The molecule has 16 heavy (non-hydrogen) atoms. The van der Waals surface area contributed by atoms with Crippen LogP contribution < -0.4 is 0 Å². The van der Waals surface area contributed by atoms with Gasteiger partial charge in [0.25, 0.3) is 0 Å². The van der Waals surface area contributed by atoms with Crippen molar-refractivity contribution in [1.82, 2.24) is 9.80 Å². The number of carbonyl (C=O) groups is 1. The monoisotopic (exact) mass is 228 g/mol. The SMILES string of the molecule is CCCC(C)(CC(=O)O)N1CCN(C)CC1. The molecule has 1 fully saturated rings. The number of likely N-dealkylation sites (N-methyl/N-ethyl adjacent to an activating group) is 1. The first-order chi connectivity index (χ1) is 7.48. The predicted octanol–water partition coefficient (Wildman–Crippen LogP) is 1.27. The van der Waals surface area contributed by atoms with E-state index in [1.807, 2.05) is 0 Å². The van der Waals surface area contributed by atoms with Crippen LogP contribution in [-0.2, 0) is 4.79 Å². The van der Waals surface area contributed by atoms with Gasteiger partial charge >= 0.3 is 5.97 Å². The van der Waals surface area contributed by atoms with E-state index in [0.29, 0.717) is 0 Å². The summed E-state index contributed by atoms with van der Waals surface area (Å²) in [6, 6.07) is 0. The zero-order chi connectivity index (χ0) is 12.2. The summed E-state index contributed by atoms with van der Waals surface area (Å²) in [4.78, 5) is 15.6. The van der Waals surface area contributed by atoms with Gasteiger partial charge in [0.15, 0.2) is 0 Å². The number of carboxylic acid groups (broad SMARTS) is 1. The van der Waals surface area contributed by atoms with E-state index in [-0.39, 0.29) is 12.0 Å². The molecule has 1 saturated heterocycles. The third-order valence-electron chi connectivity index (χ3n) is 3.59. The molecule has 0 bridgehead atoms. The average molecular weight is 228 g/mol. The summed E-state index contributed by atoms with van der Waals surface area (Å²) in [5.41, 5.74) is -0.165. The van der Waals surface area contributed by atoms with Crippen LogP contribution in [0.1, 0.15) is 33.1 Å². The molecule has 4 nitrogen and oxygen atoms in total. The van der Waals surface area contributed by atoms with Crippen LogP contribution in [0.5, 0.6) is 0 Å². The van der Waals surface area contributed by atoms with E-state index in [9.17, 15) is 4.79 Å². The highest BCUT2D eigenvalue weighted by Gasteiger charge is 2.34. The molecular formula is C12H24N2O2. The molecule has 0 aromatic rings. The quantitative estimate of drug-likeness (QED) is 0.769. The van der Waals surface area contributed by atoms with E-state index in [1.165, 1.54) is 0 Å². The molecule has 1 rings (SSSR count). The summed E-state index contributed by atoms with van der Waals surface area (Å²) in [6.45, 7) is 8.27. The van der Waals surface area contributed by atoms with Gasteiger partial charge in [-0.3, -0.25) is 9.69 Å². The molecule has 94 valence electrons. The van der Waals surface area contributed by atoms with E-state index in [4.69, 9.17) is 5.11 Å². The molecule has 1 heterocycles. The van der Waals surface area contributed by atoms with Crippen molar-refractivity contribution in [1.29, 1.82) is 0 Å². The number of hydrogen-bond donors (Lipinski definition) is 1. The van der Waals surface area contributed by atoms with Gasteiger partial charge in [-0.15, -0.1) is 0 Å². The van der Waals surface area contributed by atoms with Gasteiger partial charge in [-0.1, -0.05) is 13.3 Å². The first-order valence-corrected chi connectivity index (χ1v) is 6.13. The minimum atomic E-state index is -0.685. The van der Waals surface area contributed by atoms with Gasteiger partial charge in [0, 0.05) is 31.7 Å². The van der Waals surface area contributed by atoms with Crippen molar-refractivity contribution in [2.45, 2.75) is 38.6 Å². The molecule has 1 aliphatic rings. The van der Waals surface area contributed by atoms with Crippen LogP contribution in [0.25, 0.3) is 0 Å². The van der Waals surface area contributed by atoms with Crippen molar-refractivity contribution in [2.75, 3.05) is 33.2 Å². The standard InChI is InChI=1S/C12H24N2O2/c1-4-5-12(2,10-11(15)16)14-8-6-13(3)7-9-14/h4-10H2,1-3H3,(H,15,16). The Labute approximate surface area is 98.2 Å². The molecule has 4 heteroatoms. The minimum absolute atomic E-state index is 0.165. The maximum Gasteiger partial charge on any atom is 0.305 e. The molecule has 0 aliphatic carbocycles. The fourth-order valence-electron chi connectivity index (χ4n) is 2.57. The lowest BCUT2D eigenvalue weighted by Gasteiger charge is -2.44. The molecule has 0 aromatic heterocycles. The average Bonchev–Trinajstić information content (AvgIpc) is 2.17. The number of hydrogen-bond acceptors (Lipinski definition) is 3. The molecule has 0 amide bonds. The Morgan fingerprint density at radius 1 is 1.31 bits per heavy atom. The van der Waals surface area contributed by atoms with Crippen LogP contribution in [0.3, 0.4) is 0 Å². The second-order valence-electron chi connectivity index (χ2n) is 5.11. The highest BCUT2D eigenvalue weighted by Crippen LogP contribution is 2.26. The van der Waals surface area contributed by atoms with Gasteiger partial charge in [0.1, 0.15) is 0 Å². The van der Waals surface area contributed by atoms with Crippen molar-refractivity contribution in [3.63, 3.8) is 0 Å². The fourth-order valence-corrected chi connectivity index (χ4v) is 2.57. The predicted molar refractivity (Wildman–Crippen MR) is 64.6 cm³/mol. The Morgan fingerprint density at radius 3 is 2.31 bits per heavy atom. The molecule has 0 spiro atoms. The molecule has 1 unspecified atom stereocenters. The third-order valence-corrected chi connectivity index (χ3v) is 3.59. The van der Waals surface area contributed by atoms with Crippen molar-refractivity contribution < 1.29 is 9.90 Å². The molecule has 0 aromatic carbocycles. The fraction of sp³-hybridized carbons (Fsp3) is 0.917. The number of piperazine rings is 1. The van der Waals surface area contributed by atoms with E-state index in [1.54, 1.807) is 0 Å². The van der Waals surface area contributed by atoms with Crippen molar-refractivity contribution in [2.24, 2.45) is 0 Å². The van der Waals surface area contributed by atoms with Crippen LogP contribution in [0.4, 0.5) is 0 Å². The van der Waals surface area contributed by atoms with E-state index in [0.717, 1.165) is 39.0 Å². The Bertz CT molecular complexity index is 237. The number of aliphatic carboxylic acids is 1. The highest BCUT2D eigenvalue weighted by molar-refractivity contribution is 5.68. The van der Waals surface area contributed by atoms with Crippen LogP contribution in [0.2, 0.25) is 0 Å². The highest BCUT2D eigenvalue weighted by atomic mass is 16.4. The summed E-state index contributed by atoms with van der Waals surface area (Å²) in [7, 11) is 2.12.